The van der Waals surface area contributed by atoms with Gasteiger partial charge in [0, 0.05) is 10.9 Å². The van der Waals surface area contributed by atoms with E-state index >= 15 is 0 Å². The highest BCUT2D eigenvalue weighted by Crippen LogP contribution is 2.20. The predicted octanol–water partition coefficient (Wildman–Crippen LogP) is 4.19. The minimum atomic E-state index is -0.256. The lowest BCUT2D eigenvalue weighted by atomic mass is 10.1. The van der Waals surface area contributed by atoms with Gasteiger partial charge in [0.2, 0.25) is 0 Å². The van der Waals surface area contributed by atoms with Gasteiger partial charge >= 0.3 is 0 Å². The summed E-state index contributed by atoms with van der Waals surface area (Å²) in [6.07, 6.45) is 0. The van der Waals surface area contributed by atoms with E-state index in [2.05, 4.69) is 24.0 Å². The zero-order valence-corrected chi connectivity index (χ0v) is 10.6. The molecule has 3 aromatic rings. The second-order valence-electron chi connectivity index (χ2n) is 4.57. The summed E-state index contributed by atoms with van der Waals surface area (Å²) in [5.74, 6) is 0.408. The van der Waals surface area contributed by atoms with E-state index in [0.29, 0.717) is 12.4 Å². The van der Waals surface area contributed by atoms with Crippen molar-refractivity contribution < 1.29 is 9.13 Å². The van der Waals surface area contributed by atoms with Gasteiger partial charge in [0.1, 0.15) is 18.2 Å². The van der Waals surface area contributed by atoms with Gasteiger partial charge < -0.3 is 9.72 Å². The molecule has 0 aliphatic rings. The number of H-pyrrole nitrogens is 1. The Morgan fingerprint density at radius 3 is 2.63 bits per heavy atom. The minimum Gasteiger partial charge on any atom is -0.487 e. The van der Waals surface area contributed by atoms with E-state index < -0.39 is 0 Å². The van der Waals surface area contributed by atoms with Gasteiger partial charge in [0.15, 0.2) is 0 Å². The fourth-order valence-corrected chi connectivity index (χ4v) is 2.13. The molecule has 0 bridgehead atoms. The van der Waals surface area contributed by atoms with Gasteiger partial charge in [0.25, 0.3) is 0 Å². The molecule has 0 amide bonds. The predicted molar refractivity (Wildman–Crippen MR) is 73.8 cm³/mol. The lowest BCUT2D eigenvalue weighted by Crippen LogP contribution is -1.95. The smallest absolute Gasteiger partial charge is 0.128 e. The quantitative estimate of drug-likeness (QED) is 0.745. The monoisotopic (exact) mass is 255 g/mol. The van der Waals surface area contributed by atoms with Crippen LogP contribution in [-0.2, 0) is 6.61 Å². The Hall–Kier alpha value is -2.29. The van der Waals surface area contributed by atoms with Crippen LogP contribution < -0.4 is 4.74 Å². The van der Waals surface area contributed by atoms with Gasteiger partial charge in [-0.05, 0) is 48.9 Å². The van der Waals surface area contributed by atoms with Gasteiger partial charge in [-0.25, -0.2) is 4.39 Å². The molecule has 1 aromatic heterocycles. The fourth-order valence-electron chi connectivity index (χ4n) is 2.13. The van der Waals surface area contributed by atoms with E-state index in [1.165, 1.54) is 23.1 Å². The highest BCUT2D eigenvalue weighted by molar-refractivity contribution is 5.83. The molecule has 96 valence electrons. The van der Waals surface area contributed by atoms with Crippen molar-refractivity contribution >= 4 is 10.9 Å². The lowest BCUT2D eigenvalue weighted by Gasteiger charge is -2.03. The summed E-state index contributed by atoms with van der Waals surface area (Å²) < 4.78 is 18.4. The summed E-state index contributed by atoms with van der Waals surface area (Å²) in [4.78, 5) is 3.32. The van der Waals surface area contributed by atoms with Gasteiger partial charge in [-0.3, -0.25) is 0 Å². The van der Waals surface area contributed by atoms with Crippen LogP contribution in [0.4, 0.5) is 4.39 Å². The number of aryl methyl sites for hydroxylation is 1. The molecule has 0 saturated carbocycles. The Morgan fingerprint density at radius 1 is 1.11 bits per heavy atom. The van der Waals surface area contributed by atoms with E-state index in [1.54, 1.807) is 12.1 Å². The number of halogens is 1. The lowest BCUT2D eigenvalue weighted by molar-refractivity contribution is 0.302. The number of ether oxygens (including phenoxy) is 1. The molecule has 0 fully saturated rings. The molecule has 1 N–H and O–H groups in total. The highest BCUT2D eigenvalue weighted by Gasteiger charge is 2.03. The van der Waals surface area contributed by atoms with Gasteiger partial charge in [0.05, 0.1) is 5.69 Å². The number of hydrogen-bond donors (Lipinski definition) is 1. The van der Waals surface area contributed by atoms with Gasteiger partial charge in [-0.1, -0.05) is 12.1 Å². The molecule has 0 spiro atoms. The summed E-state index contributed by atoms with van der Waals surface area (Å²) in [5.41, 5.74) is 3.35. The first kappa shape index (κ1) is 11.8. The van der Waals surface area contributed by atoms with Crippen LogP contribution in [0.5, 0.6) is 5.75 Å². The molecule has 1 heterocycles. The molecule has 2 nitrogen and oxygen atoms in total. The number of aromatic amines is 1. The van der Waals surface area contributed by atoms with Crippen LogP contribution in [-0.4, -0.2) is 4.98 Å². The highest BCUT2D eigenvalue weighted by atomic mass is 19.1. The van der Waals surface area contributed by atoms with Crippen LogP contribution in [0, 0.1) is 12.7 Å². The summed E-state index contributed by atoms with van der Waals surface area (Å²) in [5, 5.41) is 1.21. The molecule has 0 saturated heterocycles. The molecule has 19 heavy (non-hydrogen) atoms. The van der Waals surface area contributed by atoms with Crippen LogP contribution >= 0.6 is 0 Å². The van der Waals surface area contributed by atoms with E-state index in [1.807, 2.05) is 12.1 Å². The standard InChI is InChI=1S/C16H14FNO/c1-11-3-2-4-16-15(11)9-13(18-16)10-19-14-7-5-12(17)6-8-14/h2-9,18H,10H2,1H3. The minimum absolute atomic E-state index is 0.256. The van der Waals surface area contributed by atoms with Crippen LogP contribution in [0.3, 0.4) is 0 Å². The van der Waals surface area contributed by atoms with Gasteiger partial charge in [-0.2, -0.15) is 0 Å². The number of benzene rings is 2. The van der Waals surface area contributed by atoms with Crippen molar-refractivity contribution in [1.82, 2.24) is 4.98 Å². The Morgan fingerprint density at radius 2 is 1.89 bits per heavy atom. The Balaban J connectivity index is 1.78. The van der Waals surface area contributed by atoms with Crippen molar-refractivity contribution in [2.45, 2.75) is 13.5 Å². The first-order chi connectivity index (χ1) is 9.22. The molecular weight excluding hydrogens is 241 g/mol. The van der Waals surface area contributed by atoms with Crippen molar-refractivity contribution in [3.05, 3.63) is 65.6 Å². The average molecular weight is 255 g/mol. The number of nitrogens with one attached hydrogen (secondary N) is 1. The van der Waals surface area contributed by atoms with Crippen molar-refractivity contribution in [1.29, 1.82) is 0 Å². The normalized spacial score (nSPS) is 10.8. The molecule has 0 aliphatic carbocycles. The molecule has 0 unspecified atom stereocenters. The van der Waals surface area contributed by atoms with Crippen LogP contribution in [0.15, 0.2) is 48.5 Å². The molecule has 3 heteroatoms. The summed E-state index contributed by atoms with van der Waals surface area (Å²) >= 11 is 0. The molecular formula is C16H14FNO. The van der Waals surface area contributed by atoms with Crippen LogP contribution in [0.25, 0.3) is 10.9 Å². The van der Waals surface area contributed by atoms with Crippen LogP contribution in [0.2, 0.25) is 0 Å². The number of aromatic nitrogens is 1. The van der Waals surface area contributed by atoms with Crippen LogP contribution in [0.1, 0.15) is 11.3 Å². The fraction of sp³-hybridized carbons (Fsp3) is 0.125. The number of fused-ring (bicyclic) bond motifs is 1. The Bertz CT molecular complexity index is 700. The van der Waals surface area contributed by atoms with E-state index in [4.69, 9.17) is 4.74 Å². The third-order valence-electron chi connectivity index (χ3n) is 3.15. The average Bonchev–Trinajstić information content (AvgIpc) is 2.83. The number of rotatable bonds is 3. The second-order valence-corrected chi connectivity index (χ2v) is 4.57. The SMILES string of the molecule is Cc1cccc2[nH]c(COc3ccc(F)cc3)cc12. The topological polar surface area (TPSA) is 25.0 Å². The van der Waals surface area contributed by atoms with Crippen molar-refractivity contribution in [2.75, 3.05) is 0 Å². The maximum atomic E-state index is 12.8. The summed E-state index contributed by atoms with van der Waals surface area (Å²) in [6.45, 7) is 2.53. The molecule has 2 aromatic carbocycles. The summed E-state index contributed by atoms with van der Waals surface area (Å²) in [7, 11) is 0. The zero-order chi connectivity index (χ0) is 13.2. The Kier molecular flexibility index (Phi) is 2.95. The third kappa shape index (κ3) is 2.45. The maximum absolute atomic E-state index is 12.8. The third-order valence-corrected chi connectivity index (χ3v) is 3.15. The molecule has 3 rings (SSSR count). The molecule has 0 aliphatic heterocycles. The van der Waals surface area contributed by atoms with Crippen molar-refractivity contribution in [3.8, 4) is 5.75 Å². The van der Waals surface area contributed by atoms with E-state index in [-0.39, 0.29) is 5.82 Å². The first-order valence-electron chi connectivity index (χ1n) is 6.18. The first-order valence-corrected chi connectivity index (χ1v) is 6.18. The van der Waals surface area contributed by atoms with Gasteiger partial charge in [-0.15, -0.1) is 0 Å². The number of hydrogen-bond acceptors (Lipinski definition) is 1. The molecule has 0 radical (unpaired) electrons. The largest absolute Gasteiger partial charge is 0.487 e. The second kappa shape index (κ2) is 4.76. The van der Waals surface area contributed by atoms with Crippen molar-refractivity contribution in [3.63, 3.8) is 0 Å². The molecule has 0 atom stereocenters. The maximum Gasteiger partial charge on any atom is 0.128 e. The Labute approximate surface area is 110 Å². The zero-order valence-electron chi connectivity index (χ0n) is 10.6. The van der Waals surface area contributed by atoms with E-state index in [9.17, 15) is 4.39 Å². The van der Waals surface area contributed by atoms with Crippen molar-refractivity contribution in [2.24, 2.45) is 0 Å². The van der Waals surface area contributed by atoms with E-state index in [0.717, 1.165) is 11.2 Å². The summed E-state index contributed by atoms with van der Waals surface area (Å²) in [6, 6.07) is 14.3.